The molecule has 1 unspecified atom stereocenters. The van der Waals surface area contributed by atoms with E-state index in [1.807, 2.05) is 19.1 Å². The van der Waals surface area contributed by atoms with Gasteiger partial charge in [-0.15, -0.1) is 0 Å². The molecule has 0 spiro atoms. The van der Waals surface area contributed by atoms with Crippen molar-refractivity contribution in [1.29, 1.82) is 0 Å². The normalized spacial score (nSPS) is 14.8. The maximum atomic E-state index is 13.4. The van der Waals surface area contributed by atoms with E-state index in [1.165, 1.54) is 0 Å². The number of aryl methyl sites for hydroxylation is 1. The Morgan fingerprint density at radius 1 is 1.43 bits per heavy atom. The molecule has 3 heteroatoms. The van der Waals surface area contributed by atoms with Gasteiger partial charge in [0.2, 0.25) is 5.67 Å². The zero-order valence-corrected chi connectivity index (χ0v) is 8.25. The van der Waals surface area contributed by atoms with E-state index in [0.717, 1.165) is 12.5 Å². The fourth-order valence-corrected chi connectivity index (χ4v) is 1.16. The average Bonchev–Trinajstić information content (AvgIpc) is 2.08. The molecule has 1 N–H and O–H groups in total. The van der Waals surface area contributed by atoms with Crippen LogP contribution in [0.2, 0.25) is 0 Å². The number of rotatable bonds is 3. The number of carbonyl (C=O) groups is 1. The van der Waals surface area contributed by atoms with Gasteiger partial charge in [0.15, 0.2) is 0 Å². The van der Waals surface area contributed by atoms with Crippen molar-refractivity contribution in [2.75, 3.05) is 0 Å². The molecule has 0 aromatic heterocycles. The molecule has 0 saturated carbocycles. The zero-order valence-electron chi connectivity index (χ0n) is 8.25. The highest BCUT2D eigenvalue weighted by Crippen LogP contribution is 2.18. The number of carboxylic acid groups (broad SMARTS) is 1. The van der Waals surface area contributed by atoms with Crippen molar-refractivity contribution in [2.24, 2.45) is 0 Å². The summed E-state index contributed by atoms with van der Waals surface area (Å²) in [5.41, 5.74) is -0.414. The second-order valence-corrected chi connectivity index (χ2v) is 3.66. The molecule has 0 fully saturated rings. The van der Waals surface area contributed by atoms with Gasteiger partial charge in [-0.3, -0.25) is 0 Å². The van der Waals surface area contributed by atoms with E-state index in [1.54, 1.807) is 12.1 Å². The maximum absolute atomic E-state index is 13.4. The highest BCUT2D eigenvalue weighted by molar-refractivity contribution is 5.77. The molecule has 0 aliphatic rings. The van der Waals surface area contributed by atoms with Crippen molar-refractivity contribution in [3.63, 3.8) is 0 Å². The van der Waals surface area contributed by atoms with Gasteiger partial charge in [0, 0.05) is 6.42 Å². The molecule has 1 aromatic carbocycles. The summed E-state index contributed by atoms with van der Waals surface area (Å²) in [6.45, 7) is 3.00. The molecule has 76 valence electrons. The molecule has 0 heterocycles. The smallest absolute Gasteiger partial charge is 0.341 e. The van der Waals surface area contributed by atoms with Gasteiger partial charge in [0.1, 0.15) is 0 Å². The Balaban J connectivity index is 2.79. The molecule has 2 nitrogen and oxygen atoms in total. The molecular formula is C11H13FO2. The van der Waals surface area contributed by atoms with Crippen LogP contribution in [-0.2, 0) is 11.2 Å². The zero-order chi connectivity index (χ0) is 10.8. The van der Waals surface area contributed by atoms with Crippen molar-refractivity contribution in [3.8, 4) is 0 Å². The first-order chi connectivity index (χ1) is 6.42. The fourth-order valence-electron chi connectivity index (χ4n) is 1.16. The predicted octanol–water partition coefficient (Wildman–Crippen LogP) is 2.35. The highest BCUT2D eigenvalue weighted by atomic mass is 19.1. The lowest BCUT2D eigenvalue weighted by atomic mass is 9.98. The van der Waals surface area contributed by atoms with Gasteiger partial charge in [-0.25, -0.2) is 9.18 Å². The summed E-state index contributed by atoms with van der Waals surface area (Å²) < 4.78 is 13.4. The van der Waals surface area contributed by atoms with Gasteiger partial charge >= 0.3 is 5.97 Å². The lowest BCUT2D eigenvalue weighted by Gasteiger charge is -2.14. The molecular weight excluding hydrogens is 183 g/mol. The topological polar surface area (TPSA) is 37.3 Å². The standard InChI is InChI=1S/C11H13FO2/c1-8-3-5-9(6-4-8)7-11(2,12)10(13)14/h3-6H,7H2,1-2H3,(H,13,14). The summed E-state index contributed by atoms with van der Waals surface area (Å²) in [5.74, 6) is -1.42. The second-order valence-electron chi connectivity index (χ2n) is 3.66. The van der Waals surface area contributed by atoms with E-state index in [2.05, 4.69) is 0 Å². The van der Waals surface area contributed by atoms with E-state index < -0.39 is 11.6 Å². The average molecular weight is 196 g/mol. The monoisotopic (exact) mass is 196 g/mol. The van der Waals surface area contributed by atoms with Crippen LogP contribution in [0.4, 0.5) is 4.39 Å². The van der Waals surface area contributed by atoms with Crippen LogP contribution in [0.15, 0.2) is 24.3 Å². The number of alkyl halides is 1. The van der Waals surface area contributed by atoms with Crippen molar-refractivity contribution in [1.82, 2.24) is 0 Å². The number of carboxylic acids is 1. The first-order valence-corrected chi connectivity index (χ1v) is 4.40. The van der Waals surface area contributed by atoms with Crippen molar-refractivity contribution < 1.29 is 14.3 Å². The number of halogens is 1. The van der Waals surface area contributed by atoms with Gasteiger partial charge in [0.05, 0.1) is 0 Å². The Kier molecular flexibility index (Phi) is 2.89. The summed E-state index contributed by atoms with van der Waals surface area (Å²) >= 11 is 0. The number of hydrogen-bond acceptors (Lipinski definition) is 1. The second kappa shape index (κ2) is 3.78. The molecule has 1 atom stereocenters. The molecule has 0 aliphatic heterocycles. The lowest BCUT2D eigenvalue weighted by Crippen LogP contribution is -2.32. The van der Waals surface area contributed by atoms with Crippen LogP contribution in [0.3, 0.4) is 0 Å². The largest absolute Gasteiger partial charge is 0.479 e. The van der Waals surface area contributed by atoms with E-state index >= 15 is 0 Å². The first kappa shape index (κ1) is 10.7. The van der Waals surface area contributed by atoms with Crippen LogP contribution in [0.25, 0.3) is 0 Å². The Bertz CT molecular complexity index is 328. The lowest BCUT2D eigenvalue weighted by molar-refractivity contribution is -0.149. The third kappa shape index (κ3) is 2.55. The summed E-state index contributed by atoms with van der Waals surface area (Å²) in [6.07, 6.45) is -0.0946. The van der Waals surface area contributed by atoms with Crippen LogP contribution < -0.4 is 0 Å². The van der Waals surface area contributed by atoms with Crippen LogP contribution in [0.1, 0.15) is 18.1 Å². The van der Waals surface area contributed by atoms with E-state index in [-0.39, 0.29) is 6.42 Å². The van der Waals surface area contributed by atoms with Gasteiger partial charge in [0.25, 0.3) is 0 Å². The first-order valence-electron chi connectivity index (χ1n) is 4.40. The summed E-state index contributed by atoms with van der Waals surface area (Å²) in [7, 11) is 0. The van der Waals surface area contributed by atoms with E-state index in [9.17, 15) is 9.18 Å². The summed E-state index contributed by atoms with van der Waals surface area (Å²) in [5, 5.41) is 8.58. The Morgan fingerprint density at radius 2 is 1.93 bits per heavy atom. The fraction of sp³-hybridized carbons (Fsp3) is 0.364. The minimum atomic E-state index is -2.19. The molecule has 0 aliphatic carbocycles. The Labute approximate surface area is 82.4 Å². The number of aliphatic carboxylic acids is 1. The van der Waals surface area contributed by atoms with Crippen molar-refractivity contribution >= 4 is 5.97 Å². The van der Waals surface area contributed by atoms with Crippen LogP contribution >= 0.6 is 0 Å². The number of hydrogen-bond donors (Lipinski definition) is 1. The van der Waals surface area contributed by atoms with E-state index in [4.69, 9.17) is 5.11 Å². The van der Waals surface area contributed by atoms with Gasteiger partial charge in [-0.1, -0.05) is 29.8 Å². The molecule has 0 bridgehead atoms. The van der Waals surface area contributed by atoms with Crippen molar-refractivity contribution in [3.05, 3.63) is 35.4 Å². The Morgan fingerprint density at radius 3 is 2.36 bits per heavy atom. The molecule has 0 radical (unpaired) electrons. The third-order valence-electron chi connectivity index (χ3n) is 2.10. The number of benzene rings is 1. The van der Waals surface area contributed by atoms with Crippen LogP contribution in [0, 0.1) is 6.92 Å². The maximum Gasteiger partial charge on any atom is 0.341 e. The van der Waals surface area contributed by atoms with Gasteiger partial charge in [-0.05, 0) is 19.4 Å². The quantitative estimate of drug-likeness (QED) is 0.805. The minimum Gasteiger partial charge on any atom is -0.479 e. The van der Waals surface area contributed by atoms with Gasteiger partial charge in [-0.2, -0.15) is 0 Å². The van der Waals surface area contributed by atoms with Gasteiger partial charge < -0.3 is 5.11 Å². The SMILES string of the molecule is Cc1ccc(CC(C)(F)C(=O)O)cc1. The molecule has 0 amide bonds. The van der Waals surface area contributed by atoms with Crippen LogP contribution in [-0.4, -0.2) is 16.7 Å². The van der Waals surface area contributed by atoms with Crippen LogP contribution in [0.5, 0.6) is 0 Å². The molecule has 1 rings (SSSR count). The van der Waals surface area contributed by atoms with E-state index in [0.29, 0.717) is 5.56 Å². The van der Waals surface area contributed by atoms with Crippen molar-refractivity contribution in [2.45, 2.75) is 25.9 Å². The highest BCUT2D eigenvalue weighted by Gasteiger charge is 2.32. The minimum absolute atomic E-state index is 0.0946. The summed E-state index contributed by atoms with van der Waals surface area (Å²) in [4.78, 5) is 10.5. The Hall–Kier alpha value is -1.38. The molecule has 0 saturated heterocycles. The summed E-state index contributed by atoms with van der Waals surface area (Å²) in [6, 6.07) is 7.17. The third-order valence-corrected chi connectivity index (χ3v) is 2.10. The molecule has 14 heavy (non-hydrogen) atoms. The predicted molar refractivity (Wildman–Crippen MR) is 52.0 cm³/mol. The molecule has 1 aromatic rings.